The van der Waals surface area contributed by atoms with Crippen LogP contribution in [0.4, 0.5) is 8.39 Å². The number of nitrogens with zero attached hydrogens (tertiary/aromatic N) is 1. The average Bonchev–Trinajstić information content (AvgIpc) is 0.722. The van der Waals surface area contributed by atoms with Crippen LogP contribution in [0.3, 0.4) is 0 Å². The van der Waals surface area contributed by atoms with Gasteiger partial charge in [0.2, 0.25) is 0 Å². The summed E-state index contributed by atoms with van der Waals surface area (Å²) in [6.45, 7) is -4.81. The molecule has 2 radical (unpaired) electrons. The Morgan fingerprint density at radius 2 is 1.60 bits per heavy atom. The Balaban J connectivity index is 3.47. The molecule has 0 saturated carbocycles. The van der Waals surface area contributed by atoms with Gasteiger partial charge in [-0.05, 0) is 17.3 Å². The summed E-state index contributed by atoms with van der Waals surface area (Å²) in [5, 5.41) is 0. The number of hydrogen-bond acceptors (Lipinski definition) is 1. The maximum absolute atomic E-state index is 10.5. The van der Waals surface area contributed by atoms with Crippen molar-refractivity contribution in [1.82, 2.24) is 5.50 Å². The van der Waals surface area contributed by atoms with E-state index in [2.05, 4.69) is 11.8 Å². The zero-order valence-corrected chi connectivity index (χ0v) is 3.77. The van der Waals surface area contributed by atoms with E-state index in [1.807, 2.05) is 0 Å². The van der Waals surface area contributed by atoms with Crippen molar-refractivity contribution >= 4 is 18.6 Å². The zero-order chi connectivity index (χ0) is 4.50. The highest BCUT2D eigenvalue weighted by molar-refractivity contribution is 8.08. The Morgan fingerprint density at radius 1 is 1.60 bits per heavy atom. The molecular formula is F2NPS. The first kappa shape index (κ1) is 5.47. The highest BCUT2D eigenvalue weighted by Gasteiger charge is 2.02. The lowest BCUT2D eigenvalue weighted by Crippen LogP contribution is -1.50. The first-order chi connectivity index (χ1) is 2.00. The number of hydrogen-bond donors (Lipinski definition) is 0. The van der Waals surface area contributed by atoms with Crippen molar-refractivity contribution in [1.29, 1.82) is 0 Å². The zero-order valence-electron chi connectivity index (χ0n) is 2.06. The lowest BCUT2D eigenvalue weighted by Gasteiger charge is -1.75. The van der Waals surface area contributed by atoms with Gasteiger partial charge in [0, 0.05) is 0 Å². The molecule has 0 heterocycles. The van der Waals surface area contributed by atoms with Crippen molar-refractivity contribution in [3.8, 4) is 0 Å². The summed E-state index contributed by atoms with van der Waals surface area (Å²) in [6, 6.07) is 0. The molecule has 0 aromatic rings. The molecule has 1 nitrogen and oxygen atoms in total. The Kier molecular flexibility index (Phi) is 1.41. The summed E-state index contributed by atoms with van der Waals surface area (Å²) < 4.78 is 21.0. The largest absolute Gasteiger partial charge is 0.371 e. The van der Waals surface area contributed by atoms with Crippen LogP contribution < -0.4 is 5.50 Å². The van der Waals surface area contributed by atoms with E-state index in [9.17, 15) is 8.39 Å². The van der Waals surface area contributed by atoms with Crippen molar-refractivity contribution in [3.05, 3.63) is 0 Å². The van der Waals surface area contributed by atoms with Gasteiger partial charge < -0.3 is 0 Å². The molecule has 0 amide bonds. The van der Waals surface area contributed by atoms with Gasteiger partial charge >= 0.3 is 6.81 Å². The van der Waals surface area contributed by atoms with Crippen LogP contribution in [-0.2, 0) is 11.8 Å². The summed E-state index contributed by atoms with van der Waals surface area (Å²) in [6.07, 6.45) is 0. The van der Waals surface area contributed by atoms with Crippen LogP contribution >= 0.6 is 6.81 Å². The Bertz CT molecular complexity index is 55.8. The van der Waals surface area contributed by atoms with E-state index in [4.69, 9.17) is 5.50 Å². The third-order valence-electron chi connectivity index (χ3n) is 0. The lowest BCUT2D eigenvalue weighted by atomic mass is 13.9. The average molecular weight is 115 g/mol. The summed E-state index contributed by atoms with van der Waals surface area (Å²) >= 11 is 3.16. The van der Waals surface area contributed by atoms with E-state index in [-0.39, 0.29) is 0 Å². The van der Waals surface area contributed by atoms with Crippen LogP contribution in [0.25, 0.3) is 0 Å². The minimum Gasteiger partial charge on any atom is -0.161 e. The van der Waals surface area contributed by atoms with E-state index in [0.717, 1.165) is 0 Å². The lowest BCUT2D eigenvalue weighted by molar-refractivity contribution is 0.739. The van der Waals surface area contributed by atoms with Crippen molar-refractivity contribution in [3.63, 3.8) is 0 Å². The van der Waals surface area contributed by atoms with Gasteiger partial charge in [-0.1, -0.05) is 0 Å². The fourth-order valence-corrected chi connectivity index (χ4v) is 0. The van der Waals surface area contributed by atoms with Gasteiger partial charge in [0.1, 0.15) is 0 Å². The molecule has 0 fully saturated rings. The Labute approximate surface area is 33.5 Å². The quantitative estimate of drug-likeness (QED) is 0.435. The van der Waals surface area contributed by atoms with E-state index in [1.165, 1.54) is 0 Å². The van der Waals surface area contributed by atoms with E-state index in [0.29, 0.717) is 0 Å². The highest BCUT2D eigenvalue weighted by Crippen LogP contribution is 2.42. The molecule has 0 N–H and O–H groups in total. The molecule has 0 rings (SSSR count). The van der Waals surface area contributed by atoms with Gasteiger partial charge in [0.25, 0.3) is 0 Å². The second kappa shape index (κ2) is 1.29. The van der Waals surface area contributed by atoms with Crippen LogP contribution in [0.2, 0.25) is 0 Å². The molecule has 0 bridgehead atoms. The first-order valence-corrected chi connectivity index (χ1v) is 3.26. The molecule has 30 valence electrons. The molecule has 0 aliphatic rings. The second-order valence-corrected chi connectivity index (χ2v) is 2.62. The van der Waals surface area contributed by atoms with Crippen molar-refractivity contribution in [2.75, 3.05) is 0 Å². The molecule has 0 spiro atoms. The summed E-state index contributed by atoms with van der Waals surface area (Å²) in [5.74, 6) is 0. The van der Waals surface area contributed by atoms with Crippen molar-refractivity contribution < 1.29 is 8.39 Å². The molecular weight excluding hydrogens is 115 g/mol. The van der Waals surface area contributed by atoms with Gasteiger partial charge in [0.05, 0.1) is 0 Å². The van der Waals surface area contributed by atoms with Crippen LogP contribution in [0.1, 0.15) is 0 Å². The minimum atomic E-state index is -4.81. The van der Waals surface area contributed by atoms with Crippen LogP contribution in [0.15, 0.2) is 0 Å². The molecule has 0 aromatic heterocycles. The minimum absolute atomic E-state index is 3.16. The predicted molar refractivity (Wildman–Crippen MR) is 18.6 cm³/mol. The molecule has 5 heavy (non-hydrogen) atoms. The fraction of sp³-hybridized carbons (Fsp3) is 0. The van der Waals surface area contributed by atoms with E-state index >= 15 is 0 Å². The third-order valence-corrected chi connectivity index (χ3v) is 0. The SMILES string of the molecule is [N]P(F)(F)=S. The van der Waals surface area contributed by atoms with Crippen LogP contribution in [0.5, 0.6) is 0 Å². The standard InChI is InChI=1S/F2NPS/c1-4(2,3)5. The summed E-state index contributed by atoms with van der Waals surface area (Å²) in [5.41, 5.74) is 7.11. The topological polar surface area (TPSA) is 22.3 Å². The normalized spacial score (nSPS) is 11.8. The predicted octanol–water partition coefficient (Wildman–Crippen LogP) is 1.22. The number of halogens is 2. The molecule has 0 aliphatic heterocycles. The first-order valence-electron chi connectivity index (χ1n) is 0.721. The molecule has 0 unspecified atom stereocenters. The maximum atomic E-state index is 10.5. The van der Waals surface area contributed by atoms with Gasteiger partial charge in [-0.15, -0.1) is 0 Å². The Morgan fingerprint density at radius 3 is 1.60 bits per heavy atom. The van der Waals surface area contributed by atoms with Gasteiger partial charge in [0.15, 0.2) is 0 Å². The number of rotatable bonds is 0. The fourth-order valence-electron chi connectivity index (χ4n) is 0. The van der Waals surface area contributed by atoms with Gasteiger partial charge in [-0.3, -0.25) is 0 Å². The summed E-state index contributed by atoms with van der Waals surface area (Å²) in [4.78, 5) is 0. The molecule has 0 aromatic carbocycles. The monoisotopic (exact) mass is 115 g/mol. The third kappa shape index (κ3) is 123. The molecule has 0 atom stereocenters. The van der Waals surface area contributed by atoms with Crippen LogP contribution in [-0.4, -0.2) is 0 Å². The van der Waals surface area contributed by atoms with E-state index < -0.39 is 6.81 Å². The second-order valence-electron chi connectivity index (χ2n) is 0.435. The highest BCUT2D eigenvalue weighted by atomic mass is 32.5. The van der Waals surface area contributed by atoms with Crippen LogP contribution in [0, 0.1) is 0 Å². The van der Waals surface area contributed by atoms with Gasteiger partial charge in [-0.25, -0.2) is 0 Å². The molecule has 5 heteroatoms. The summed E-state index contributed by atoms with van der Waals surface area (Å²) in [7, 11) is 0. The van der Waals surface area contributed by atoms with Crippen molar-refractivity contribution in [2.45, 2.75) is 0 Å². The van der Waals surface area contributed by atoms with E-state index in [1.54, 1.807) is 0 Å². The molecule has 0 saturated heterocycles. The van der Waals surface area contributed by atoms with Gasteiger partial charge in [-0.2, -0.15) is 8.39 Å². The molecule has 0 aliphatic carbocycles. The maximum Gasteiger partial charge on any atom is 0.371 e. The van der Waals surface area contributed by atoms with Crippen molar-refractivity contribution in [2.24, 2.45) is 0 Å². The smallest absolute Gasteiger partial charge is 0.161 e. The Hall–Kier alpha value is 0.470.